The number of amidine groups is 1. The smallest absolute Gasteiger partial charge is 0.344 e. The van der Waals surface area contributed by atoms with E-state index >= 15 is 0 Å². The number of hydrogen-bond donors (Lipinski definition) is 2. The highest BCUT2D eigenvalue weighted by Gasteiger charge is 2.24. The number of ether oxygens (including phenoxy) is 1. The third kappa shape index (κ3) is 4.80. The van der Waals surface area contributed by atoms with Crippen molar-refractivity contribution < 1.29 is 19.4 Å². The van der Waals surface area contributed by atoms with Crippen molar-refractivity contribution in [3.63, 3.8) is 0 Å². The van der Waals surface area contributed by atoms with Gasteiger partial charge < -0.3 is 15.2 Å². The summed E-state index contributed by atoms with van der Waals surface area (Å²) < 4.78 is 5.51. The van der Waals surface area contributed by atoms with Crippen molar-refractivity contribution in [2.24, 2.45) is 4.99 Å². The van der Waals surface area contributed by atoms with Crippen molar-refractivity contribution in [1.29, 1.82) is 0 Å². The lowest BCUT2D eigenvalue weighted by Crippen LogP contribution is -2.25. The third-order valence-corrected chi connectivity index (χ3v) is 4.98. The molecule has 7 heteroatoms. The molecule has 2 aromatic carbocycles. The Labute approximate surface area is 167 Å². The molecule has 1 saturated heterocycles. The van der Waals surface area contributed by atoms with Crippen LogP contribution in [-0.2, 0) is 9.59 Å². The number of carboxylic acids is 1. The summed E-state index contributed by atoms with van der Waals surface area (Å²) in [6.45, 7) is 3.71. The molecule has 0 spiro atoms. The van der Waals surface area contributed by atoms with Crippen LogP contribution in [0.4, 0.5) is 5.69 Å². The Kier molecular flexibility index (Phi) is 6.16. The minimum atomic E-state index is -1.01. The molecule has 0 bridgehead atoms. The van der Waals surface area contributed by atoms with Gasteiger partial charge in [0.05, 0.1) is 10.6 Å². The van der Waals surface area contributed by atoms with Crippen LogP contribution in [0.2, 0.25) is 0 Å². The van der Waals surface area contributed by atoms with Crippen LogP contribution in [0, 0.1) is 6.92 Å². The highest BCUT2D eigenvalue weighted by Crippen LogP contribution is 2.29. The van der Waals surface area contributed by atoms with Crippen molar-refractivity contribution >= 4 is 40.6 Å². The molecule has 2 aromatic rings. The van der Waals surface area contributed by atoms with Gasteiger partial charge in [-0.1, -0.05) is 37.3 Å². The number of hydrogen-bond acceptors (Lipinski definition) is 5. The molecule has 1 fully saturated rings. The molecular formula is C21H20N2O4S. The van der Waals surface area contributed by atoms with E-state index in [2.05, 4.69) is 10.3 Å². The Morgan fingerprint density at radius 2 is 2.07 bits per heavy atom. The number of carbonyl (C=O) groups is 2. The quantitative estimate of drug-likeness (QED) is 0.717. The van der Waals surface area contributed by atoms with Crippen molar-refractivity contribution in [1.82, 2.24) is 5.32 Å². The van der Waals surface area contributed by atoms with Crippen LogP contribution >= 0.6 is 11.8 Å². The molecule has 0 aliphatic carbocycles. The van der Waals surface area contributed by atoms with E-state index in [1.807, 2.05) is 37.3 Å². The third-order valence-electron chi connectivity index (χ3n) is 4.07. The molecule has 1 aliphatic rings. The Morgan fingerprint density at radius 3 is 2.79 bits per heavy atom. The molecule has 1 unspecified atom stereocenters. The standard InChI is InChI=1S/C21H20N2O4S/c1-3-17(20(25)26)27-15-9-6-8-14(11-15)12-18-19(24)23-21(28-18)22-16-10-5-4-7-13(16)2/h4-12,17H,3H2,1-2H3,(H,25,26)(H,22,23,24)/b18-12+. The van der Waals surface area contributed by atoms with Crippen molar-refractivity contribution in [2.75, 3.05) is 0 Å². The number of nitrogens with one attached hydrogen (secondary N) is 1. The number of thioether (sulfide) groups is 1. The zero-order valence-corrected chi connectivity index (χ0v) is 16.3. The lowest BCUT2D eigenvalue weighted by molar-refractivity contribution is -0.145. The van der Waals surface area contributed by atoms with Gasteiger partial charge in [0.2, 0.25) is 0 Å². The number of aryl methyl sites for hydroxylation is 1. The molecular weight excluding hydrogens is 376 g/mol. The first-order chi connectivity index (χ1) is 13.5. The monoisotopic (exact) mass is 396 g/mol. The van der Waals surface area contributed by atoms with Crippen LogP contribution in [0.5, 0.6) is 5.75 Å². The van der Waals surface area contributed by atoms with Crippen LogP contribution in [0.25, 0.3) is 6.08 Å². The number of carboxylic acid groups (broad SMARTS) is 1. The maximum atomic E-state index is 12.3. The largest absolute Gasteiger partial charge is 0.479 e. The molecule has 2 N–H and O–H groups in total. The second-order valence-corrected chi connectivity index (χ2v) is 7.22. The summed E-state index contributed by atoms with van der Waals surface area (Å²) in [5.41, 5.74) is 2.57. The zero-order chi connectivity index (χ0) is 20.1. The normalized spacial score (nSPS) is 17.6. The molecule has 6 nitrogen and oxygen atoms in total. The maximum absolute atomic E-state index is 12.3. The number of para-hydroxylation sites is 1. The number of benzene rings is 2. The van der Waals surface area contributed by atoms with Gasteiger partial charge in [-0.3, -0.25) is 4.79 Å². The average Bonchev–Trinajstić information content (AvgIpc) is 3.00. The SMILES string of the molecule is CCC(Oc1cccc(/C=C2/SC(=Nc3ccccc3C)NC2=O)c1)C(=O)O. The van der Waals surface area contributed by atoms with E-state index in [4.69, 9.17) is 9.84 Å². The summed E-state index contributed by atoms with van der Waals surface area (Å²) in [5.74, 6) is -0.782. The van der Waals surface area contributed by atoms with E-state index in [1.54, 1.807) is 31.2 Å². The highest BCUT2D eigenvalue weighted by molar-refractivity contribution is 8.18. The van der Waals surface area contributed by atoms with Gasteiger partial charge >= 0.3 is 5.97 Å². The number of nitrogens with zero attached hydrogens (tertiary/aromatic N) is 1. The molecule has 0 radical (unpaired) electrons. The minimum Gasteiger partial charge on any atom is -0.479 e. The lowest BCUT2D eigenvalue weighted by atomic mass is 10.2. The fourth-order valence-corrected chi connectivity index (χ4v) is 3.42. The minimum absolute atomic E-state index is 0.222. The first-order valence-electron chi connectivity index (χ1n) is 8.81. The molecule has 1 atom stereocenters. The molecule has 0 saturated carbocycles. The predicted molar refractivity (Wildman–Crippen MR) is 111 cm³/mol. The Morgan fingerprint density at radius 1 is 1.29 bits per heavy atom. The Bertz CT molecular complexity index is 968. The molecule has 1 heterocycles. The summed E-state index contributed by atoms with van der Waals surface area (Å²) in [6.07, 6.45) is 1.19. The topological polar surface area (TPSA) is 88.0 Å². The van der Waals surface area contributed by atoms with Gasteiger partial charge in [-0.15, -0.1) is 0 Å². The second kappa shape index (κ2) is 8.75. The van der Waals surface area contributed by atoms with Crippen LogP contribution in [0.3, 0.4) is 0 Å². The summed E-state index contributed by atoms with van der Waals surface area (Å²) in [7, 11) is 0. The molecule has 28 heavy (non-hydrogen) atoms. The fourth-order valence-electron chi connectivity index (χ4n) is 2.58. The fraction of sp³-hybridized carbons (Fsp3) is 0.190. The number of aliphatic carboxylic acids is 1. The van der Waals surface area contributed by atoms with Gasteiger partial charge in [-0.25, -0.2) is 9.79 Å². The average molecular weight is 396 g/mol. The van der Waals surface area contributed by atoms with Crippen molar-refractivity contribution in [3.05, 3.63) is 64.6 Å². The number of aliphatic imine (C=N–C) groups is 1. The number of carbonyl (C=O) groups excluding carboxylic acids is 1. The molecule has 144 valence electrons. The first-order valence-corrected chi connectivity index (χ1v) is 9.62. The number of rotatable bonds is 6. The molecule has 1 amide bonds. The number of amides is 1. The van der Waals surface area contributed by atoms with Gasteiger partial charge in [0, 0.05) is 0 Å². The lowest BCUT2D eigenvalue weighted by Gasteiger charge is -2.13. The van der Waals surface area contributed by atoms with Gasteiger partial charge in [0.15, 0.2) is 11.3 Å². The first kappa shape index (κ1) is 19.7. The van der Waals surface area contributed by atoms with Crippen molar-refractivity contribution in [3.8, 4) is 5.75 Å². The Balaban J connectivity index is 1.78. The van der Waals surface area contributed by atoms with Crippen LogP contribution < -0.4 is 10.1 Å². The van der Waals surface area contributed by atoms with Gasteiger partial charge in [0.25, 0.3) is 5.91 Å². The summed E-state index contributed by atoms with van der Waals surface area (Å²) >= 11 is 1.26. The van der Waals surface area contributed by atoms with E-state index in [0.29, 0.717) is 22.2 Å². The van der Waals surface area contributed by atoms with E-state index in [1.165, 1.54) is 11.8 Å². The molecule has 0 aromatic heterocycles. The van der Waals surface area contributed by atoms with Gasteiger partial charge in [0.1, 0.15) is 5.75 Å². The van der Waals surface area contributed by atoms with Crippen LogP contribution in [0.15, 0.2) is 58.4 Å². The highest BCUT2D eigenvalue weighted by atomic mass is 32.2. The van der Waals surface area contributed by atoms with E-state index in [0.717, 1.165) is 16.8 Å². The van der Waals surface area contributed by atoms with E-state index in [-0.39, 0.29) is 5.91 Å². The van der Waals surface area contributed by atoms with Crippen LogP contribution in [0.1, 0.15) is 24.5 Å². The molecule has 1 aliphatic heterocycles. The molecule has 3 rings (SSSR count). The van der Waals surface area contributed by atoms with Crippen LogP contribution in [-0.4, -0.2) is 28.3 Å². The summed E-state index contributed by atoms with van der Waals surface area (Å²) in [5, 5.41) is 12.4. The Hall–Kier alpha value is -3.06. The summed E-state index contributed by atoms with van der Waals surface area (Å²) in [6, 6.07) is 14.7. The van der Waals surface area contributed by atoms with Gasteiger partial charge in [-0.05, 0) is 60.5 Å². The zero-order valence-electron chi connectivity index (χ0n) is 15.5. The van der Waals surface area contributed by atoms with E-state index in [9.17, 15) is 9.59 Å². The predicted octanol–water partition coefficient (Wildman–Crippen LogP) is 4.13. The summed E-state index contributed by atoms with van der Waals surface area (Å²) in [4.78, 5) is 28.4. The van der Waals surface area contributed by atoms with E-state index < -0.39 is 12.1 Å². The van der Waals surface area contributed by atoms with Crippen molar-refractivity contribution in [2.45, 2.75) is 26.4 Å². The van der Waals surface area contributed by atoms with Gasteiger partial charge in [-0.2, -0.15) is 0 Å². The second-order valence-electron chi connectivity index (χ2n) is 6.19. The maximum Gasteiger partial charge on any atom is 0.344 e.